The summed E-state index contributed by atoms with van der Waals surface area (Å²) in [4.78, 5) is 11.4. The fraction of sp³-hybridized carbons (Fsp3) is 0.733. The number of hydrogen-bond donors (Lipinski definition) is 1. The standard InChI is InChI=1S/C15H26N4/c1-12(2)17-9-13-8-16-10-14(18-13)19-7-5-6-15(3,4)11-19/h8,10,12,17H,5-7,9,11H2,1-4H3. The van der Waals surface area contributed by atoms with Gasteiger partial charge in [-0.2, -0.15) is 0 Å². The maximum absolute atomic E-state index is 4.73. The minimum Gasteiger partial charge on any atom is -0.355 e. The zero-order valence-corrected chi connectivity index (χ0v) is 12.6. The second-order valence-corrected chi connectivity index (χ2v) is 6.59. The van der Waals surface area contributed by atoms with Gasteiger partial charge in [0.1, 0.15) is 5.82 Å². The van der Waals surface area contributed by atoms with Crippen LogP contribution in [0.4, 0.5) is 5.82 Å². The number of rotatable bonds is 4. The molecule has 0 atom stereocenters. The Morgan fingerprint density at radius 3 is 2.84 bits per heavy atom. The summed E-state index contributed by atoms with van der Waals surface area (Å²) in [6, 6.07) is 0.472. The van der Waals surface area contributed by atoms with E-state index in [2.05, 4.69) is 42.9 Å². The Balaban J connectivity index is 2.05. The van der Waals surface area contributed by atoms with Gasteiger partial charge in [-0.05, 0) is 18.3 Å². The highest BCUT2D eigenvalue weighted by molar-refractivity contribution is 5.37. The van der Waals surface area contributed by atoms with Crippen LogP contribution >= 0.6 is 0 Å². The molecule has 0 aromatic carbocycles. The smallest absolute Gasteiger partial charge is 0.147 e. The van der Waals surface area contributed by atoms with Gasteiger partial charge in [0.2, 0.25) is 0 Å². The van der Waals surface area contributed by atoms with Crippen LogP contribution in [0.5, 0.6) is 0 Å². The Morgan fingerprint density at radius 2 is 2.16 bits per heavy atom. The third-order valence-electron chi connectivity index (χ3n) is 3.59. The molecule has 1 aromatic heterocycles. The first-order valence-corrected chi connectivity index (χ1v) is 7.25. The Labute approximate surface area is 116 Å². The second-order valence-electron chi connectivity index (χ2n) is 6.59. The topological polar surface area (TPSA) is 41.1 Å². The molecule has 1 aromatic rings. The summed E-state index contributed by atoms with van der Waals surface area (Å²) in [5, 5.41) is 3.39. The van der Waals surface area contributed by atoms with Gasteiger partial charge in [-0.25, -0.2) is 4.98 Å². The Bertz CT molecular complexity index is 414. The number of nitrogens with zero attached hydrogens (tertiary/aromatic N) is 3. The lowest BCUT2D eigenvalue weighted by Crippen LogP contribution is -2.40. The first-order chi connectivity index (χ1) is 8.96. The predicted molar refractivity (Wildman–Crippen MR) is 79.2 cm³/mol. The summed E-state index contributed by atoms with van der Waals surface area (Å²) in [5.74, 6) is 1.02. The monoisotopic (exact) mass is 262 g/mol. The summed E-state index contributed by atoms with van der Waals surface area (Å²) in [7, 11) is 0. The summed E-state index contributed by atoms with van der Waals surface area (Å²) in [5.41, 5.74) is 1.40. The van der Waals surface area contributed by atoms with E-state index >= 15 is 0 Å². The average molecular weight is 262 g/mol. The van der Waals surface area contributed by atoms with Crippen LogP contribution in [0, 0.1) is 5.41 Å². The molecule has 0 amide bonds. The number of piperidine rings is 1. The maximum atomic E-state index is 4.73. The van der Waals surface area contributed by atoms with E-state index < -0.39 is 0 Å². The van der Waals surface area contributed by atoms with Crippen molar-refractivity contribution in [2.45, 2.75) is 53.1 Å². The van der Waals surface area contributed by atoms with Crippen molar-refractivity contribution < 1.29 is 0 Å². The van der Waals surface area contributed by atoms with Crippen LogP contribution < -0.4 is 10.2 Å². The SMILES string of the molecule is CC(C)NCc1cncc(N2CCCC(C)(C)C2)n1. The van der Waals surface area contributed by atoms with Gasteiger partial charge in [-0.15, -0.1) is 0 Å². The molecule has 4 heteroatoms. The third-order valence-corrected chi connectivity index (χ3v) is 3.59. The summed E-state index contributed by atoms with van der Waals surface area (Å²) >= 11 is 0. The van der Waals surface area contributed by atoms with E-state index in [1.165, 1.54) is 12.8 Å². The third kappa shape index (κ3) is 4.16. The normalized spacial score (nSPS) is 18.9. The summed E-state index contributed by atoms with van der Waals surface area (Å²) < 4.78 is 0. The Hall–Kier alpha value is -1.16. The van der Waals surface area contributed by atoms with Gasteiger partial charge < -0.3 is 10.2 Å². The van der Waals surface area contributed by atoms with Crippen molar-refractivity contribution in [3.8, 4) is 0 Å². The van der Waals surface area contributed by atoms with Gasteiger partial charge in [0.25, 0.3) is 0 Å². The molecule has 0 spiro atoms. The van der Waals surface area contributed by atoms with Crippen LogP contribution in [0.3, 0.4) is 0 Å². The molecule has 2 rings (SSSR count). The van der Waals surface area contributed by atoms with Crippen LogP contribution in [0.1, 0.15) is 46.2 Å². The van der Waals surface area contributed by atoms with E-state index in [0.717, 1.165) is 31.1 Å². The molecule has 1 aliphatic heterocycles. The number of aromatic nitrogens is 2. The molecule has 1 saturated heterocycles. The lowest BCUT2D eigenvalue weighted by Gasteiger charge is -2.38. The average Bonchev–Trinajstić information content (AvgIpc) is 2.35. The molecular formula is C15H26N4. The molecule has 1 fully saturated rings. The van der Waals surface area contributed by atoms with Crippen molar-refractivity contribution in [1.29, 1.82) is 0 Å². The number of hydrogen-bond acceptors (Lipinski definition) is 4. The minimum absolute atomic E-state index is 0.381. The Kier molecular flexibility index (Phi) is 4.40. The van der Waals surface area contributed by atoms with Crippen LogP contribution in [-0.4, -0.2) is 29.1 Å². The molecule has 2 heterocycles. The van der Waals surface area contributed by atoms with E-state index in [1.807, 2.05) is 12.4 Å². The zero-order valence-electron chi connectivity index (χ0n) is 12.6. The predicted octanol–water partition coefficient (Wildman–Crippen LogP) is 2.60. The zero-order chi connectivity index (χ0) is 13.9. The van der Waals surface area contributed by atoms with E-state index in [1.54, 1.807) is 0 Å². The second kappa shape index (κ2) is 5.87. The van der Waals surface area contributed by atoms with Crippen LogP contribution in [0.25, 0.3) is 0 Å². The molecule has 0 radical (unpaired) electrons. The van der Waals surface area contributed by atoms with E-state index in [4.69, 9.17) is 4.98 Å². The van der Waals surface area contributed by atoms with Crippen molar-refractivity contribution in [2.75, 3.05) is 18.0 Å². The molecule has 4 nitrogen and oxygen atoms in total. The van der Waals surface area contributed by atoms with Crippen molar-refractivity contribution in [2.24, 2.45) is 5.41 Å². The molecule has 1 aliphatic rings. The molecule has 19 heavy (non-hydrogen) atoms. The van der Waals surface area contributed by atoms with Crippen molar-refractivity contribution in [1.82, 2.24) is 15.3 Å². The van der Waals surface area contributed by atoms with Crippen LogP contribution in [0.15, 0.2) is 12.4 Å². The highest BCUT2D eigenvalue weighted by Crippen LogP contribution is 2.30. The van der Waals surface area contributed by atoms with Crippen molar-refractivity contribution in [3.05, 3.63) is 18.1 Å². The first-order valence-electron chi connectivity index (χ1n) is 7.25. The van der Waals surface area contributed by atoms with Crippen molar-refractivity contribution in [3.63, 3.8) is 0 Å². The van der Waals surface area contributed by atoms with Gasteiger partial charge in [-0.1, -0.05) is 27.7 Å². The lowest BCUT2D eigenvalue weighted by atomic mass is 9.84. The van der Waals surface area contributed by atoms with E-state index in [-0.39, 0.29) is 0 Å². The van der Waals surface area contributed by atoms with Gasteiger partial charge in [0.05, 0.1) is 11.9 Å². The minimum atomic E-state index is 0.381. The van der Waals surface area contributed by atoms with Crippen LogP contribution in [-0.2, 0) is 6.54 Å². The van der Waals surface area contributed by atoms with Gasteiger partial charge >= 0.3 is 0 Å². The number of anilines is 1. The van der Waals surface area contributed by atoms with Crippen molar-refractivity contribution >= 4 is 5.82 Å². The molecule has 1 N–H and O–H groups in total. The largest absolute Gasteiger partial charge is 0.355 e. The quantitative estimate of drug-likeness (QED) is 0.905. The highest BCUT2D eigenvalue weighted by atomic mass is 15.2. The van der Waals surface area contributed by atoms with Crippen LogP contribution in [0.2, 0.25) is 0 Å². The molecule has 0 saturated carbocycles. The van der Waals surface area contributed by atoms with E-state index in [9.17, 15) is 0 Å². The highest BCUT2D eigenvalue weighted by Gasteiger charge is 2.27. The van der Waals surface area contributed by atoms with Gasteiger partial charge in [-0.3, -0.25) is 4.98 Å². The summed E-state index contributed by atoms with van der Waals surface area (Å²) in [6.07, 6.45) is 6.28. The fourth-order valence-corrected chi connectivity index (χ4v) is 2.56. The Morgan fingerprint density at radius 1 is 1.37 bits per heavy atom. The number of nitrogens with one attached hydrogen (secondary N) is 1. The van der Waals surface area contributed by atoms with E-state index in [0.29, 0.717) is 11.5 Å². The maximum Gasteiger partial charge on any atom is 0.147 e. The summed E-state index contributed by atoms with van der Waals surface area (Å²) in [6.45, 7) is 11.9. The molecule has 0 bridgehead atoms. The molecule has 0 aliphatic carbocycles. The first kappa shape index (κ1) is 14.3. The molecule has 106 valence electrons. The van der Waals surface area contributed by atoms with Gasteiger partial charge in [0, 0.05) is 31.9 Å². The molecule has 0 unspecified atom stereocenters. The van der Waals surface area contributed by atoms with Gasteiger partial charge in [0.15, 0.2) is 0 Å². The fourth-order valence-electron chi connectivity index (χ4n) is 2.56. The lowest BCUT2D eigenvalue weighted by molar-refractivity contribution is 0.292. The molecular weight excluding hydrogens is 236 g/mol.